The number of anilines is 2. The molecule has 9 nitrogen and oxygen atoms in total. The molecule has 2 fully saturated rings. The summed E-state index contributed by atoms with van der Waals surface area (Å²) in [6.07, 6.45) is 1.70. The first-order valence-electron chi connectivity index (χ1n) is 9.73. The van der Waals surface area contributed by atoms with Crippen LogP contribution in [0.25, 0.3) is 10.9 Å². The Bertz CT molecular complexity index is 971. The van der Waals surface area contributed by atoms with Crippen molar-refractivity contribution < 1.29 is 19.1 Å². The molecule has 0 radical (unpaired) electrons. The van der Waals surface area contributed by atoms with Gasteiger partial charge in [-0.25, -0.2) is 4.98 Å². The standard InChI is InChI=1S/C20H25N5O4/c1-11-8-17(26)25(19(11)27)12-4-6-24(7-5-12)20-22-14-10-16(29-3)15(28-2)9-13(14)18(21)23-20/h9-12H,4-8H2,1-3H3,(H2,21,22,23). The molecular formula is C20H25N5O4. The Labute approximate surface area is 168 Å². The molecule has 2 aromatic rings. The van der Waals surface area contributed by atoms with Gasteiger partial charge in [-0.15, -0.1) is 0 Å². The lowest BCUT2D eigenvalue weighted by molar-refractivity contribution is -0.142. The Hall–Kier alpha value is -3.10. The number of carbonyl (C=O) groups is 2. The molecule has 1 aromatic heterocycles. The van der Waals surface area contributed by atoms with E-state index in [2.05, 4.69) is 9.97 Å². The second-order valence-electron chi connectivity index (χ2n) is 7.56. The average Bonchev–Trinajstić information content (AvgIpc) is 2.98. The summed E-state index contributed by atoms with van der Waals surface area (Å²) in [5, 5.41) is 0.698. The molecule has 1 atom stereocenters. The second-order valence-corrected chi connectivity index (χ2v) is 7.56. The summed E-state index contributed by atoms with van der Waals surface area (Å²) in [6.45, 7) is 3.10. The molecule has 2 amide bonds. The summed E-state index contributed by atoms with van der Waals surface area (Å²) in [7, 11) is 3.14. The zero-order valence-corrected chi connectivity index (χ0v) is 16.8. The molecule has 3 heterocycles. The molecule has 2 aliphatic rings. The largest absolute Gasteiger partial charge is 0.493 e. The zero-order valence-electron chi connectivity index (χ0n) is 16.8. The lowest BCUT2D eigenvalue weighted by atomic mass is 10.0. The molecule has 29 heavy (non-hydrogen) atoms. The van der Waals surface area contributed by atoms with Gasteiger partial charge in [-0.2, -0.15) is 4.98 Å². The van der Waals surface area contributed by atoms with Gasteiger partial charge in [0.05, 0.1) is 19.7 Å². The number of methoxy groups -OCH3 is 2. The average molecular weight is 399 g/mol. The second kappa shape index (κ2) is 7.38. The summed E-state index contributed by atoms with van der Waals surface area (Å²) in [6, 6.07) is 3.50. The number of aromatic nitrogens is 2. The van der Waals surface area contributed by atoms with Gasteiger partial charge >= 0.3 is 0 Å². The normalized spacial score (nSPS) is 20.6. The smallest absolute Gasteiger partial charge is 0.232 e. The Kier molecular flexibility index (Phi) is 4.89. The van der Waals surface area contributed by atoms with E-state index in [1.165, 1.54) is 4.90 Å². The van der Waals surface area contributed by atoms with E-state index in [1.807, 2.05) is 11.8 Å². The van der Waals surface area contributed by atoms with Gasteiger partial charge in [0.25, 0.3) is 0 Å². The zero-order chi connectivity index (χ0) is 20.7. The number of carbonyl (C=O) groups excluding carboxylic acids is 2. The van der Waals surface area contributed by atoms with Crippen molar-refractivity contribution in [1.29, 1.82) is 0 Å². The molecule has 0 aliphatic carbocycles. The SMILES string of the molecule is COc1cc2nc(N3CCC(N4C(=O)CC(C)C4=O)CC3)nc(N)c2cc1OC. The number of ether oxygens (including phenoxy) is 2. The molecule has 0 spiro atoms. The Morgan fingerprint density at radius 1 is 1.07 bits per heavy atom. The number of amides is 2. The van der Waals surface area contributed by atoms with Crippen LogP contribution in [0.15, 0.2) is 12.1 Å². The fourth-order valence-corrected chi connectivity index (χ4v) is 4.12. The summed E-state index contributed by atoms with van der Waals surface area (Å²) in [5.74, 6) is 1.71. The highest BCUT2D eigenvalue weighted by molar-refractivity contribution is 6.03. The number of rotatable bonds is 4. The van der Waals surface area contributed by atoms with Crippen LogP contribution in [0.3, 0.4) is 0 Å². The van der Waals surface area contributed by atoms with Crippen LogP contribution in [0.5, 0.6) is 11.5 Å². The van der Waals surface area contributed by atoms with Crippen LogP contribution in [0.2, 0.25) is 0 Å². The van der Waals surface area contributed by atoms with Crippen molar-refractivity contribution in [3.05, 3.63) is 12.1 Å². The third-order valence-corrected chi connectivity index (χ3v) is 5.74. The van der Waals surface area contributed by atoms with Crippen molar-refractivity contribution in [2.75, 3.05) is 37.9 Å². The lowest BCUT2D eigenvalue weighted by Gasteiger charge is -2.36. The first kappa shape index (κ1) is 19.2. The molecule has 2 saturated heterocycles. The highest BCUT2D eigenvalue weighted by atomic mass is 16.5. The van der Waals surface area contributed by atoms with Gasteiger partial charge < -0.3 is 20.1 Å². The van der Waals surface area contributed by atoms with Crippen molar-refractivity contribution in [1.82, 2.24) is 14.9 Å². The third-order valence-electron chi connectivity index (χ3n) is 5.74. The number of piperidine rings is 1. The summed E-state index contributed by atoms with van der Waals surface area (Å²) >= 11 is 0. The van der Waals surface area contributed by atoms with E-state index in [0.717, 1.165) is 0 Å². The highest BCUT2D eigenvalue weighted by Crippen LogP contribution is 2.34. The number of likely N-dealkylation sites (tertiary alicyclic amines) is 1. The summed E-state index contributed by atoms with van der Waals surface area (Å²) in [5.41, 5.74) is 6.86. The van der Waals surface area contributed by atoms with Crippen LogP contribution in [-0.2, 0) is 9.59 Å². The minimum atomic E-state index is -0.212. The maximum atomic E-state index is 12.3. The van der Waals surface area contributed by atoms with E-state index in [9.17, 15) is 9.59 Å². The number of fused-ring (bicyclic) bond motifs is 1. The molecule has 1 unspecified atom stereocenters. The predicted octanol–water partition coefficient (Wildman–Crippen LogP) is 1.59. The molecule has 4 rings (SSSR count). The number of nitrogen functional groups attached to an aromatic ring is 1. The molecule has 2 aliphatic heterocycles. The van der Waals surface area contributed by atoms with Crippen molar-refractivity contribution in [3.63, 3.8) is 0 Å². The van der Waals surface area contributed by atoms with Gasteiger partial charge in [0.15, 0.2) is 11.5 Å². The Balaban J connectivity index is 1.55. The van der Waals surface area contributed by atoms with Crippen LogP contribution < -0.4 is 20.1 Å². The highest BCUT2D eigenvalue weighted by Gasteiger charge is 2.41. The van der Waals surface area contributed by atoms with Gasteiger partial charge in [-0.3, -0.25) is 14.5 Å². The monoisotopic (exact) mass is 399 g/mol. The van der Waals surface area contributed by atoms with Gasteiger partial charge in [0.2, 0.25) is 17.8 Å². The lowest BCUT2D eigenvalue weighted by Crippen LogP contribution is -2.47. The maximum absolute atomic E-state index is 12.3. The number of hydrogen-bond donors (Lipinski definition) is 1. The van der Waals surface area contributed by atoms with E-state index in [1.54, 1.807) is 26.4 Å². The van der Waals surface area contributed by atoms with E-state index < -0.39 is 0 Å². The molecule has 2 N–H and O–H groups in total. The van der Waals surface area contributed by atoms with Crippen LogP contribution in [0.1, 0.15) is 26.2 Å². The van der Waals surface area contributed by atoms with Gasteiger partial charge in [0, 0.05) is 42.9 Å². The Morgan fingerprint density at radius 3 is 2.31 bits per heavy atom. The van der Waals surface area contributed by atoms with Crippen molar-refractivity contribution in [2.45, 2.75) is 32.2 Å². The fourth-order valence-electron chi connectivity index (χ4n) is 4.12. The number of benzene rings is 1. The first-order valence-corrected chi connectivity index (χ1v) is 9.73. The topological polar surface area (TPSA) is 111 Å². The predicted molar refractivity (Wildman–Crippen MR) is 108 cm³/mol. The van der Waals surface area contributed by atoms with Gasteiger partial charge in [-0.1, -0.05) is 6.92 Å². The molecule has 0 bridgehead atoms. The van der Waals surface area contributed by atoms with Crippen molar-refractivity contribution in [3.8, 4) is 11.5 Å². The van der Waals surface area contributed by atoms with E-state index in [4.69, 9.17) is 15.2 Å². The van der Waals surface area contributed by atoms with Crippen molar-refractivity contribution >= 4 is 34.5 Å². The fraction of sp³-hybridized carbons (Fsp3) is 0.500. The molecule has 9 heteroatoms. The quantitative estimate of drug-likeness (QED) is 0.772. The van der Waals surface area contributed by atoms with E-state index in [0.29, 0.717) is 66.5 Å². The third kappa shape index (κ3) is 3.30. The summed E-state index contributed by atoms with van der Waals surface area (Å²) < 4.78 is 10.7. The number of nitrogens with two attached hydrogens (primary N) is 1. The number of imide groups is 1. The molecule has 154 valence electrons. The van der Waals surface area contributed by atoms with Gasteiger partial charge in [0.1, 0.15) is 5.82 Å². The van der Waals surface area contributed by atoms with Crippen LogP contribution in [0.4, 0.5) is 11.8 Å². The summed E-state index contributed by atoms with van der Waals surface area (Å²) in [4.78, 5) is 37.1. The Morgan fingerprint density at radius 2 is 1.72 bits per heavy atom. The van der Waals surface area contributed by atoms with E-state index in [-0.39, 0.29) is 23.8 Å². The van der Waals surface area contributed by atoms with Crippen LogP contribution in [0, 0.1) is 5.92 Å². The number of hydrogen-bond acceptors (Lipinski definition) is 8. The number of nitrogens with zero attached hydrogens (tertiary/aromatic N) is 4. The molecule has 1 aromatic carbocycles. The van der Waals surface area contributed by atoms with Crippen LogP contribution in [-0.4, -0.2) is 60.0 Å². The first-order chi connectivity index (χ1) is 13.9. The van der Waals surface area contributed by atoms with Gasteiger partial charge in [-0.05, 0) is 18.9 Å². The molecular weight excluding hydrogens is 374 g/mol. The maximum Gasteiger partial charge on any atom is 0.232 e. The van der Waals surface area contributed by atoms with E-state index >= 15 is 0 Å². The molecule has 0 saturated carbocycles. The van der Waals surface area contributed by atoms with Crippen molar-refractivity contribution in [2.24, 2.45) is 5.92 Å². The minimum absolute atomic E-state index is 0.0549. The van der Waals surface area contributed by atoms with Crippen LogP contribution >= 0.6 is 0 Å². The minimum Gasteiger partial charge on any atom is -0.493 e.